The first-order valence-corrected chi connectivity index (χ1v) is 9.63. The zero-order chi connectivity index (χ0) is 20.3. The molecule has 9 nitrogen and oxygen atoms in total. The minimum Gasteiger partial charge on any atom is -0.378 e. The Morgan fingerprint density at radius 3 is 2.73 bits per heavy atom. The maximum absolute atomic E-state index is 12.2. The van der Waals surface area contributed by atoms with E-state index in [4.69, 9.17) is 4.74 Å². The van der Waals surface area contributed by atoms with Gasteiger partial charge in [0.2, 0.25) is 0 Å². The molecule has 5 rings (SSSR count). The molecule has 4 aromatic heterocycles. The summed E-state index contributed by atoms with van der Waals surface area (Å²) in [6, 6.07) is 10.9. The molecular weight excluding hydrogens is 382 g/mol. The number of rotatable bonds is 4. The Bertz CT molecular complexity index is 1170. The topological polar surface area (TPSA) is 109 Å². The van der Waals surface area contributed by atoms with Crippen LogP contribution in [0, 0.1) is 0 Å². The normalized spacial score (nSPS) is 14.1. The van der Waals surface area contributed by atoms with Crippen LogP contribution in [0.1, 0.15) is 10.5 Å². The molecule has 0 aliphatic carbocycles. The predicted octanol–water partition coefficient (Wildman–Crippen LogP) is 2.50. The summed E-state index contributed by atoms with van der Waals surface area (Å²) in [5.74, 6) is 1.06. The second-order valence-electron chi connectivity index (χ2n) is 6.84. The van der Waals surface area contributed by atoms with Crippen LogP contribution in [0.5, 0.6) is 0 Å². The number of hydrogen-bond acceptors (Lipinski definition) is 7. The van der Waals surface area contributed by atoms with Crippen molar-refractivity contribution in [2.24, 2.45) is 0 Å². The van der Waals surface area contributed by atoms with Crippen LogP contribution in [0.4, 0.5) is 11.6 Å². The first-order valence-electron chi connectivity index (χ1n) is 9.63. The maximum Gasteiger partial charge on any atom is 0.275 e. The van der Waals surface area contributed by atoms with E-state index in [9.17, 15) is 4.79 Å². The third-order valence-electron chi connectivity index (χ3n) is 4.93. The number of anilines is 2. The van der Waals surface area contributed by atoms with Gasteiger partial charge in [0.15, 0.2) is 0 Å². The highest BCUT2D eigenvalue weighted by Crippen LogP contribution is 2.29. The molecule has 1 amide bonds. The second kappa shape index (κ2) is 7.88. The van der Waals surface area contributed by atoms with E-state index in [1.54, 1.807) is 43.0 Å². The van der Waals surface area contributed by atoms with Crippen LogP contribution in [0.2, 0.25) is 0 Å². The summed E-state index contributed by atoms with van der Waals surface area (Å²) in [6.07, 6.45) is 4.86. The molecule has 2 N–H and O–H groups in total. The Hall–Kier alpha value is -3.85. The van der Waals surface area contributed by atoms with Gasteiger partial charge in [0.25, 0.3) is 5.91 Å². The van der Waals surface area contributed by atoms with Crippen molar-refractivity contribution in [1.82, 2.24) is 24.9 Å². The van der Waals surface area contributed by atoms with E-state index in [2.05, 4.69) is 35.1 Å². The van der Waals surface area contributed by atoms with Gasteiger partial charge in [-0.25, -0.2) is 15.0 Å². The second-order valence-corrected chi connectivity index (χ2v) is 6.84. The van der Waals surface area contributed by atoms with Crippen molar-refractivity contribution in [2.75, 3.05) is 36.5 Å². The maximum atomic E-state index is 12.2. The molecular formula is C21H19N7O2. The first kappa shape index (κ1) is 18.2. The molecule has 1 fully saturated rings. The minimum absolute atomic E-state index is 0.299. The zero-order valence-electron chi connectivity index (χ0n) is 16.1. The quantitative estimate of drug-likeness (QED) is 0.541. The Balaban J connectivity index is 1.38. The SMILES string of the molecule is O=C(Nc1ccc(-c2cc3c(N4CCOCC4)ncnc3[nH]2)cn1)c1ccccn1. The average molecular weight is 401 g/mol. The van der Waals surface area contributed by atoms with Crippen molar-refractivity contribution in [3.05, 3.63) is 60.8 Å². The van der Waals surface area contributed by atoms with Gasteiger partial charge in [-0.1, -0.05) is 6.07 Å². The lowest BCUT2D eigenvalue weighted by molar-refractivity contribution is 0.102. The van der Waals surface area contributed by atoms with Crippen LogP contribution in [0.3, 0.4) is 0 Å². The van der Waals surface area contributed by atoms with Crippen LogP contribution in [0.25, 0.3) is 22.3 Å². The number of amides is 1. The summed E-state index contributed by atoms with van der Waals surface area (Å²) in [7, 11) is 0. The molecule has 9 heteroatoms. The highest BCUT2D eigenvalue weighted by atomic mass is 16.5. The summed E-state index contributed by atoms with van der Waals surface area (Å²) in [4.78, 5) is 35.0. The number of hydrogen-bond donors (Lipinski definition) is 2. The van der Waals surface area contributed by atoms with Gasteiger partial charge in [-0.3, -0.25) is 9.78 Å². The summed E-state index contributed by atoms with van der Waals surface area (Å²) >= 11 is 0. The number of aromatic nitrogens is 5. The van der Waals surface area contributed by atoms with Gasteiger partial charge in [-0.15, -0.1) is 0 Å². The molecule has 1 aliphatic heterocycles. The lowest BCUT2D eigenvalue weighted by atomic mass is 10.2. The summed E-state index contributed by atoms with van der Waals surface area (Å²) in [6.45, 7) is 2.99. The molecule has 0 bridgehead atoms. The molecule has 1 saturated heterocycles. The van der Waals surface area contributed by atoms with Crippen LogP contribution >= 0.6 is 0 Å². The number of morpholine rings is 1. The summed E-state index contributed by atoms with van der Waals surface area (Å²) < 4.78 is 5.44. The molecule has 5 heterocycles. The Morgan fingerprint density at radius 2 is 1.97 bits per heavy atom. The molecule has 0 saturated carbocycles. The third-order valence-corrected chi connectivity index (χ3v) is 4.93. The van der Waals surface area contributed by atoms with E-state index in [-0.39, 0.29) is 5.91 Å². The van der Waals surface area contributed by atoms with Crippen molar-refractivity contribution in [3.63, 3.8) is 0 Å². The highest BCUT2D eigenvalue weighted by molar-refractivity contribution is 6.02. The molecule has 4 aromatic rings. The van der Waals surface area contributed by atoms with Gasteiger partial charge in [0.05, 0.1) is 18.6 Å². The molecule has 30 heavy (non-hydrogen) atoms. The molecule has 150 valence electrons. The van der Waals surface area contributed by atoms with Crippen LogP contribution < -0.4 is 10.2 Å². The van der Waals surface area contributed by atoms with Gasteiger partial charge in [-0.05, 0) is 30.3 Å². The van der Waals surface area contributed by atoms with Crippen molar-refractivity contribution in [2.45, 2.75) is 0 Å². The van der Waals surface area contributed by atoms with Crippen molar-refractivity contribution in [1.29, 1.82) is 0 Å². The standard InChI is InChI=1S/C21H19N7O2/c29-21(16-3-1-2-6-22-16)27-18-5-4-14(12-23-18)17-11-15-19(26-17)24-13-25-20(15)28-7-9-30-10-8-28/h1-6,11-13H,7-10H2,(H,23,27,29)(H,24,25,26). The fourth-order valence-corrected chi connectivity index (χ4v) is 3.41. The molecule has 0 unspecified atom stereocenters. The van der Waals surface area contributed by atoms with Crippen LogP contribution in [-0.2, 0) is 4.74 Å². The number of aromatic amines is 1. The average Bonchev–Trinajstić information content (AvgIpc) is 3.25. The monoisotopic (exact) mass is 401 g/mol. The highest BCUT2D eigenvalue weighted by Gasteiger charge is 2.17. The Kier molecular flexibility index (Phi) is 4.78. The molecule has 0 aromatic carbocycles. The van der Waals surface area contributed by atoms with Crippen LogP contribution in [0.15, 0.2) is 55.1 Å². The first-order chi connectivity index (χ1) is 14.8. The van der Waals surface area contributed by atoms with E-state index in [0.29, 0.717) is 24.7 Å². The summed E-state index contributed by atoms with van der Waals surface area (Å²) in [5, 5.41) is 3.71. The summed E-state index contributed by atoms with van der Waals surface area (Å²) in [5.41, 5.74) is 2.88. The molecule has 0 radical (unpaired) electrons. The smallest absolute Gasteiger partial charge is 0.275 e. The van der Waals surface area contributed by atoms with E-state index in [0.717, 1.165) is 41.2 Å². The minimum atomic E-state index is -0.299. The van der Waals surface area contributed by atoms with E-state index in [1.807, 2.05) is 12.1 Å². The van der Waals surface area contributed by atoms with Crippen molar-refractivity contribution >= 4 is 28.6 Å². The van der Waals surface area contributed by atoms with Crippen LogP contribution in [-0.4, -0.2) is 57.1 Å². The fraction of sp³-hybridized carbons (Fsp3) is 0.190. The van der Waals surface area contributed by atoms with Gasteiger partial charge in [0.1, 0.15) is 29.3 Å². The number of carbonyl (C=O) groups is 1. The number of ether oxygens (including phenoxy) is 1. The largest absolute Gasteiger partial charge is 0.378 e. The molecule has 0 spiro atoms. The van der Waals surface area contributed by atoms with Gasteiger partial charge >= 0.3 is 0 Å². The van der Waals surface area contributed by atoms with Crippen molar-refractivity contribution < 1.29 is 9.53 Å². The number of nitrogens with one attached hydrogen (secondary N) is 2. The molecule has 1 aliphatic rings. The van der Waals surface area contributed by atoms with Crippen molar-refractivity contribution in [3.8, 4) is 11.3 Å². The number of pyridine rings is 2. The lowest BCUT2D eigenvalue weighted by Gasteiger charge is -2.27. The third kappa shape index (κ3) is 3.58. The zero-order valence-corrected chi connectivity index (χ0v) is 16.1. The number of nitrogens with zero attached hydrogens (tertiary/aromatic N) is 5. The predicted molar refractivity (Wildman–Crippen MR) is 112 cm³/mol. The van der Waals surface area contributed by atoms with E-state index < -0.39 is 0 Å². The van der Waals surface area contributed by atoms with Gasteiger partial charge < -0.3 is 19.9 Å². The van der Waals surface area contributed by atoms with Gasteiger partial charge in [-0.2, -0.15) is 0 Å². The molecule has 0 atom stereocenters. The number of fused-ring (bicyclic) bond motifs is 1. The lowest BCUT2D eigenvalue weighted by Crippen LogP contribution is -2.36. The number of H-pyrrole nitrogens is 1. The fourth-order valence-electron chi connectivity index (χ4n) is 3.41. The number of carbonyl (C=O) groups excluding carboxylic acids is 1. The van der Waals surface area contributed by atoms with E-state index >= 15 is 0 Å². The Labute approximate surface area is 172 Å². The van der Waals surface area contributed by atoms with Gasteiger partial charge in [0, 0.05) is 36.7 Å². The Morgan fingerprint density at radius 1 is 1.07 bits per heavy atom. The van der Waals surface area contributed by atoms with E-state index in [1.165, 1.54) is 0 Å².